The molecule has 90 valence electrons. The van der Waals surface area contributed by atoms with E-state index in [0.29, 0.717) is 9.80 Å². The van der Waals surface area contributed by atoms with E-state index in [-0.39, 0.29) is 11.4 Å². The first-order valence-corrected chi connectivity index (χ1v) is 7.72. The first-order chi connectivity index (χ1) is 7.39. The van der Waals surface area contributed by atoms with Crippen molar-refractivity contribution >= 4 is 41.9 Å². The van der Waals surface area contributed by atoms with Crippen LogP contribution in [0.4, 0.5) is 4.39 Å². The van der Waals surface area contributed by atoms with Crippen LogP contribution in [0.25, 0.3) is 0 Å². The minimum absolute atomic E-state index is 0.290. The van der Waals surface area contributed by atoms with Crippen LogP contribution in [-0.4, -0.2) is 31.6 Å². The number of alkyl halides is 1. The van der Waals surface area contributed by atoms with Crippen molar-refractivity contribution in [1.29, 1.82) is 0 Å². The summed E-state index contributed by atoms with van der Waals surface area (Å²) in [4.78, 5) is -0.306. The highest BCUT2D eigenvalue weighted by Crippen LogP contribution is 2.21. The normalized spacial score (nSPS) is 12.1. The third-order valence-corrected chi connectivity index (χ3v) is 4.72. The molecule has 1 rings (SSSR count). The molecule has 3 nitrogen and oxygen atoms in total. The molecule has 0 aliphatic heterocycles. The summed E-state index contributed by atoms with van der Waals surface area (Å²) in [6.45, 7) is 0.290. The van der Waals surface area contributed by atoms with E-state index in [9.17, 15) is 12.8 Å². The zero-order valence-corrected chi connectivity index (χ0v) is 12.4. The molecule has 0 unspecified atom stereocenters. The lowest BCUT2D eigenvalue weighted by molar-refractivity contribution is 0.480. The van der Waals surface area contributed by atoms with Crippen LogP contribution in [-0.2, 0) is 10.0 Å². The Morgan fingerprint density at radius 2 is 2.06 bits per heavy atom. The average molecular weight is 375 g/mol. The van der Waals surface area contributed by atoms with Crippen LogP contribution in [0.15, 0.2) is 27.6 Å². The fourth-order valence-electron chi connectivity index (χ4n) is 1.09. The highest BCUT2D eigenvalue weighted by Gasteiger charge is 2.23. The lowest BCUT2D eigenvalue weighted by Crippen LogP contribution is -2.29. The molecule has 0 fully saturated rings. The Morgan fingerprint density at radius 3 is 2.56 bits per heavy atom. The second-order valence-electron chi connectivity index (χ2n) is 3.09. The van der Waals surface area contributed by atoms with Crippen LogP contribution in [0.3, 0.4) is 0 Å². The Labute approximate surface area is 111 Å². The van der Waals surface area contributed by atoms with Gasteiger partial charge < -0.3 is 0 Å². The molecule has 0 saturated carbocycles. The number of benzene rings is 1. The molecule has 0 amide bonds. The highest BCUT2D eigenvalue weighted by molar-refractivity contribution is 9.10. The maximum Gasteiger partial charge on any atom is 0.245 e. The Morgan fingerprint density at radius 1 is 1.44 bits per heavy atom. The van der Waals surface area contributed by atoms with Gasteiger partial charge in [-0.15, -0.1) is 0 Å². The summed E-state index contributed by atoms with van der Waals surface area (Å²) >= 11 is 6.21. The molecule has 0 aliphatic carbocycles. The van der Waals surface area contributed by atoms with Gasteiger partial charge in [-0.1, -0.05) is 31.9 Å². The number of nitrogens with zero attached hydrogens (tertiary/aromatic N) is 1. The van der Waals surface area contributed by atoms with Gasteiger partial charge in [-0.05, 0) is 18.2 Å². The van der Waals surface area contributed by atoms with Crippen molar-refractivity contribution in [3.8, 4) is 0 Å². The van der Waals surface area contributed by atoms with Crippen molar-refractivity contribution < 1.29 is 12.8 Å². The quantitative estimate of drug-likeness (QED) is 0.759. The van der Waals surface area contributed by atoms with Crippen molar-refractivity contribution in [1.82, 2.24) is 4.31 Å². The lowest BCUT2D eigenvalue weighted by Gasteiger charge is -2.16. The Bertz CT molecular complexity index is 478. The third-order valence-electron chi connectivity index (χ3n) is 1.98. The fraction of sp³-hybridized carbons (Fsp3) is 0.333. The van der Waals surface area contributed by atoms with Crippen molar-refractivity contribution in [3.05, 3.63) is 28.5 Å². The average Bonchev–Trinajstić information content (AvgIpc) is 2.17. The van der Waals surface area contributed by atoms with Crippen LogP contribution in [0.2, 0.25) is 0 Å². The van der Waals surface area contributed by atoms with Gasteiger partial charge >= 0.3 is 0 Å². The molecule has 0 saturated heterocycles. The molecule has 0 radical (unpaired) electrons. The van der Waals surface area contributed by atoms with Gasteiger partial charge in [-0.3, -0.25) is 0 Å². The summed E-state index contributed by atoms with van der Waals surface area (Å²) in [5.74, 6) is -0.754. The standard InChI is InChI=1S/C9H10Br2FNO2S/c1-13(5-4-10)16(14,15)9-3-2-7(11)6-8(9)12/h2-3,6H,4-5H2,1H3. The van der Waals surface area contributed by atoms with Gasteiger partial charge in [-0.25, -0.2) is 17.1 Å². The summed E-state index contributed by atoms with van der Waals surface area (Å²) in [5.41, 5.74) is 0. The summed E-state index contributed by atoms with van der Waals surface area (Å²) in [7, 11) is -2.33. The maximum absolute atomic E-state index is 13.5. The van der Waals surface area contributed by atoms with Crippen LogP contribution in [0.1, 0.15) is 0 Å². The molecule has 1 aromatic carbocycles. The maximum atomic E-state index is 13.5. The molecule has 0 N–H and O–H groups in total. The number of hydrogen-bond acceptors (Lipinski definition) is 2. The zero-order chi connectivity index (χ0) is 12.3. The molecule has 0 spiro atoms. The molecular weight excluding hydrogens is 365 g/mol. The van der Waals surface area contributed by atoms with Crippen molar-refractivity contribution in [3.63, 3.8) is 0 Å². The van der Waals surface area contributed by atoms with E-state index in [4.69, 9.17) is 0 Å². The summed E-state index contributed by atoms with van der Waals surface area (Å²) in [5, 5.41) is 0.501. The largest absolute Gasteiger partial charge is 0.245 e. The van der Waals surface area contributed by atoms with E-state index in [1.54, 1.807) is 0 Å². The third kappa shape index (κ3) is 3.03. The van der Waals surface area contributed by atoms with Gasteiger partial charge in [0.05, 0.1) is 0 Å². The van der Waals surface area contributed by atoms with Gasteiger partial charge in [0.2, 0.25) is 10.0 Å². The number of rotatable bonds is 4. The number of halogens is 3. The van der Waals surface area contributed by atoms with Gasteiger partial charge in [0, 0.05) is 23.4 Å². The van der Waals surface area contributed by atoms with E-state index in [2.05, 4.69) is 31.9 Å². The van der Waals surface area contributed by atoms with Gasteiger partial charge in [-0.2, -0.15) is 0 Å². The molecule has 0 aliphatic rings. The molecule has 0 bridgehead atoms. The Balaban J connectivity index is 3.17. The van der Waals surface area contributed by atoms with E-state index in [1.807, 2.05) is 0 Å². The number of sulfonamides is 1. The second kappa shape index (κ2) is 5.57. The predicted octanol–water partition coefficient (Wildman–Crippen LogP) is 2.60. The molecule has 16 heavy (non-hydrogen) atoms. The summed E-state index contributed by atoms with van der Waals surface area (Å²) in [6.07, 6.45) is 0. The molecule has 1 aromatic rings. The molecule has 0 atom stereocenters. The van der Waals surface area contributed by atoms with Gasteiger partial charge in [0.1, 0.15) is 10.7 Å². The van der Waals surface area contributed by atoms with Gasteiger partial charge in [0.15, 0.2) is 0 Å². The van der Waals surface area contributed by atoms with Gasteiger partial charge in [0.25, 0.3) is 0 Å². The van der Waals surface area contributed by atoms with Crippen molar-refractivity contribution in [2.75, 3.05) is 18.9 Å². The number of hydrogen-bond donors (Lipinski definition) is 0. The smallest absolute Gasteiger partial charge is 0.207 e. The first-order valence-electron chi connectivity index (χ1n) is 4.37. The second-order valence-corrected chi connectivity index (χ2v) is 6.81. The predicted molar refractivity (Wildman–Crippen MR) is 67.7 cm³/mol. The summed E-state index contributed by atoms with van der Waals surface area (Å²) in [6, 6.07) is 3.88. The zero-order valence-electron chi connectivity index (χ0n) is 8.45. The van der Waals surface area contributed by atoms with Crippen molar-refractivity contribution in [2.24, 2.45) is 0 Å². The van der Waals surface area contributed by atoms with E-state index in [0.717, 1.165) is 10.4 Å². The SMILES string of the molecule is CN(CCBr)S(=O)(=O)c1ccc(Br)cc1F. The minimum Gasteiger partial charge on any atom is -0.207 e. The molecule has 0 heterocycles. The molecule has 0 aromatic heterocycles. The minimum atomic E-state index is -3.74. The van der Waals surface area contributed by atoms with Crippen molar-refractivity contribution in [2.45, 2.75) is 4.90 Å². The Kier molecular flexibility index (Phi) is 4.90. The highest BCUT2D eigenvalue weighted by atomic mass is 79.9. The first kappa shape index (κ1) is 14.1. The van der Waals surface area contributed by atoms with E-state index in [1.165, 1.54) is 19.2 Å². The van der Waals surface area contributed by atoms with Crippen LogP contribution < -0.4 is 0 Å². The summed E-state index contributed by atoms with van der Waals surface area (Å²) < 4.78 is 38.9. The van der Waals surface area contributed by atoms with E-state index >= 15 is 0 Å². The topological polar surface area (TPSA) is 37.4 Å². The Hall–Kier alpha value is 0.0200. The molecular formula is C9H10Br2FNO2S. The fourth-order valence-corrected chi connectivity index (χ4v) is 3.40. The van der Waals surface area contributed by atoms with Crippen LogP contribution in [0, 0.1) is 5.82 Å². The monoisotopic (exact) mass is 373 g/mol. The molecule has 7 heteroatoms. The van der Waals surface area contributed by atoms with E-state index < -0.39 is 15.8 Å². The lowest BCUT2D eigenvalue weighted by atomic mass is 10.3. The van der Waals surface area contributed by atoms with Crippen LogP contribution >= 0.6 is 31.9 Å². The van der Waals surface area contributed by atoms with Crippen LogP contribution in [0.5, 0.6) is 0 Å².